The van der Waals surface area contributed by atoms with Gasteiger partial charge in [-0.15, -0.1) is 0 Å². The van der Waals surface area contributed by atoms with Gasteiger partial charge in [-0.2, -0.15) is 5.21 Å². The van der Waals surface area contributed by atoms with Crippen LogP contribution < -0.4 is 10.8 Å². The van der Waals surface area contributed by atoms with Gasteiger partial charge in [-0.25, -0.2) is 4.79 Å². The summed E-state index contributed by atoms with van der Waals surface area (Å²) in [7, 11) is 0. The minimum Gasteiger partial charge on any atom is -0.480 e. The third-order valence-corrected chi connectivity index (χ3v) is 2.51. The lowest BCUT2D eigenvalue weighted by molar-refractivity contribution is -0.143. The average Bonchev–Trinajstić information content (AvgIpc) is 2.82. The topological polar surface area (TPSA) is 116 Å². The first-order valence-corrected chi connectivity index (χ1v) is 4.83. The van der Waals surface area contributed by atoms with Crippen molar-refractivity contribution in [2.24, 2.45) is 5.73 Å². The number of aliphatic carboxylic acids is 1. The SMILES string of the molecule is C[C@](N)(C(=O)O)c1ccc(-c2nnn[n-]2)cc1. The van der Waals surface area contributed by atoms with Crippen molar-refractivity contribution in [2.45, 2.75) is 12.5 Å². The van der Waals surface area contributed by atoms with Gasteiger partial charge in [0.25, 0.3) is 0 Å². The molecule has 2 rings (SSSR count). The first-order chi connectivity index (χ1) is 8.01. The molecule has 7 nitrogen and oxygen atoms in total. The molecule has 0 radical (unpaired) electrons. The number of hydrogen-bond donors (Lipinski definition) is 2. The molecular formula is C10H10N5O2-. The smallest absolute Gasteiger partial charge is 0.328 e. The number of tetrazole rings is 1. The number of carbonyl (C=O) groups is 1. The van der Waals surface area contributed by atoms with Crippen molar-refractivity contribution in [3.63, 3.8) is 0 Å². The van der Waals surface area contributed by atoms with E-state index in [1.807, 2.05) is 0 Å². The predicted molar refractivity (Wildman–Crippen MR) is 57.8 cm³/mol. The number of carboxylic acids is 1. The van der Waals surface area contributed by atoms with E-state index < -0.39 is 11.5 Å². The van der Waals surface area contributed by atoms with Crippen LogP contribution in [0.4, 0.5) is 0 Å². The molecule has 0 bridgehead atoms. The van der Waals surface area contributed by atoms with Crippen LogP contribution in [0.3, 0.4) is 0 Å². The van der Waals surface area contributed by atoms with Gasteiger partial charge in [-0.05, 0) is 18.1 Å². The third-order valence-electron chi connectivity index (χ3n) is 2.51. The minimum atomic E-state index is -1.41. The molecule has 17 heavy (non-hydrogen) atoms. The summed E-state index contributed by atoms with van der Waals surface area (Å²) in [6, 6.07) is 6.61. The largest absolute Gasteiger partial charge is 0.480 e. The van der Waals surface area contributed by atoms with E-state index in [-0.39, 0.29) is 0 Å². The quantitative estimate of drug-likeness (QED) is 0.749. The van der Waals surface area contributed by atoms with E-state index in [1.165, 1.54) is 6.92 Å². The molecule has 0 unspecified atom stereocenters. The molecular weight excluding hydrogens is 222 g/mol. The van der Waals surface area contributed by atoms with E-state index in [0.717, 1.165) is 0 Å². The molecule has 0 saturated carbocycles. The van der Waals surface area contributed by atoms with E-state index in [4.69, 9.17) is 10.8 Å². The molecule has 0 saturated heterocycles. The first kappa shape index (κ1) is 11.2. The van der Waals surface area contributed by atoms with Crippen LogP contribution in [0.25, 0.3) is 11.4 Å². The molecule has 0 aliphatic rings. The Hall–Kier alpha value is -2.28. The highest BCUT2D eigenvalue weighted by Crippen LogP contribution is 2.21. The monoisotopic (exact) mass is 232 g/mol. The van der Waals surface area contributed by atoms with Gasteiger partial charge >= 0.3 is 5.97 Å². The van der Waals surface area contributed by atoms with Gasteiger partial charge in [0, 0.05) is 5.82 Å². The summed E-state index contributed by atoms with van der Waals surface area (Å²) in [5, 5.41) is 23.1. The third kappa shape index (κ3) is 2.00. The molecule has 88 valence electrons. The molecule has 0 spiro atoms. The molecule has 7 heteroatoms. The van der Waals surface area contributed by atoms with Gasteiger partial charge in [0.2, 0.25) is 0 Å². The van der Waals surface area contributed by atoms with Crippen LogP contribution in [-0.4, -0.2) is 26.6 Å². The second-order valence-corrected chi connectivity index (χ2v) is 3.79. The Morgan fingerprint density at radius 3 is 2.53 bits per heavy atom. The number of carboxylic acid groups (broad SMARTS) is 1. The maximum atomic E-state index is 11.0. The zero-order valence-electron chi connectivity index (χ0n) is 9.03. The molecule has 0 amide bonds. The Morgan fingerprint density at radius 1 is 1.41 bits per heavy atom. The summed E-state index contributed by atoms with van der Waals surface area (Å²) in [5.74, 6) is -0.691. The second kappa shape index (κ2) is 3.95. The molecule has 1 atom stereocenters. The van der Waals surface area contributed by atoms with Crippen LogP contribution in [0.1, 0.15) is 12.5 Å². The number of rotatable bonds is 3. The number of aromatic nitrogens is 4. The number of hydrogen-bond acceptors (Lipinski definition) is 5. The molecule has 1 aromatic carbocycles. The molecule has 0 aliphatic heterocycles. The molecule has 1 heterocycles. The van der Waals surface area contributed by atoms with Crippen molar-refractivity contribution >= 4 is 5.97 Å². The van der Waals surface area contributed by atoms with Crippen molar-refractivity contribution < 1.29 is 9.90 Å². The van der Waals surface area contributed by atoms with Gasteiger partial charge in [0.15, 0.2) is 0 Å². The van der Waals surface area contributed by atoms with E-state index in [0.29, 0.717) is 17.0 Å². The summed E-state index contributed by atoms with van der Waals surface area (Å²) in [4.78, 5) is 11.0. The Labute approximate surface area is 96.7 Å². The van der Waals surface area contributed by atoms with Gasteiger partial charge in [-0.3, -0.25) is 10.3 Å². The van der Waals surface area contributed by atoms with E-state index >= 15 is 0 Å². The lowest BCUT2D eigenvalue weighted by atomic mass is 9.92. The molecule has 0 aliphatic carbocycles. The van der Waals surface area contributed by atoms with Gasteiger partial charge in [0.05, 0.1) is 0 Å². The summed E-state index contributed by atoms with van der Waals surface area (Å²) in [5.41, 5.74) is 5.49. The standard InChI is InChI=1S/C10H11N5O2/c1-10(11,9(16)17)7-4-2-6(3-5-7)8-12-14-15-13-8/h2-5H,11H2,1H3,(H2,12,13,14,15,16,17)/p-1/t10-/m1/s1. The zero-order valence-corrected chi connectivity index (χ0v) is 9.03. The number of benzene rings is 1. The van der Waals surface area contributed by atoms with Crippen LogP contribution in [0.5, 0.6) is 0 Å². The Bertz CT molecular complexity index is 518. The van der Waals surface area contributed by atoms with E-state index in [9.17, 15) is 4.79 Å². The van der Waals surface area contributed by atoms with Crippen molar-refractivity contribution in [3.05, 3.63) is 29.8 Å². The number of nitrogens with zero attached hydrogens (tertiary/aromatic N) is 4. The maximum Gasteiger partial charge on any atom is 0.328 e. The van der Waals surface area contributed by atoms with Crippen molar-refractivity contribution in [1.82, 2.24) is 20.6 Å². The van der Waals surface area contributed by atoms with Crippen LogP contribution in [0.15, 0.2) is 24.3 Å². The highest BCUT2D eigenvalue weighted by molar-refractivity contribution is 5.80. The van der Waals surface area contributed by atoms with Crippen molar-refractivity contribution in [1.29, 1.82) is 0 Å². The van der Waals surface area contributed by atoms with E-state index in [2.05, 4.69) is 20.6 Å². The summed E-state index contributed by atoms with van der Waals surface area (Å²) < 4.78 is 0. The minimum absolute atomic E-state index is 0.394. The predicted octanol–water partition coefficient (Wildman–Crippen LogP) is -0.246. The van der Waals surface area contributed by atoms with Crippen LogP contribution >= 0.6 is 0 Å². The van der Waals surface area contributed by atoms with Gasteiger partial charge in [0.1, 0.15) is 5.54 Å². The van der Waals surface area contributed by atoms with Crippen LogP contribution in [0.2, 0.25) is 0 Å². The summed E-state index contributed by atoms with van der Waals surface area (Å²) >= 11 is 0. The normalized spacial score (nSPS) is 14.2. The summed E-state index contributed by atoms with van der Waals surface area (Å²) in [6.45, 7) is 1.44. The highest BCUT2D eigenvalue weighted by atomic mass is 16.4. The summed E-state index contributed by atoms with van der Waals surface area (Å²) in [6.07, 6.45) is 0. The maximum absolute atomic E-state index is 11.0. The molecule has 0 fully saturated rings. The number of nitrogens with two attached hydrogens (primary N) is 1. The fourth-order valence-electron chi connectivity index (χ4n) is 1.35. The van der Waals surface area contributed by atoms with Crippen molar-refractivity contribution in [3.8, 4) is 11.4 Å². The fourth-order valence-corrected chi connectivity index (χ4v) is 1.35. The van der Waals surface area contributed by atoms with Gasteiger partial charge < -0.3 is 15.9 Å². The fraction of sp³-hybridized carbons (Fsp3) is 0.200. The Balaban J connectivity index is 2.34. The van der Waals surface area contributed by atoms with Crippen molar-refractivity contribution in [2.75, 3.05) is 0 Å². The van der Waals surface area contributed by atoms with Gasteiger partial charge in [-0.1, -0.05) is 24.3 Å². The lowest BCUT2D eigenvalue weighted by Crippen LogP contribution is -2.41. The van der Waals surface area contributed by atoms with Crippen LogP contribution in [-0.2, 0) is 10.3 Å². The lowest BCUT2D eigenvalue weighted by Gasteiger charge is -2.19. The first-order valence-electron chi connectivity index (χ1n) is 4.83. The van der Waals surface area contributed by atoms with Crippen LogP contribution in [0, 0.1) is 0 Å². The Kier molecular flexibility index (Phi) is 2.60. The average molecular weight is 232 g/mol. The zero-order chi connectivity index (χ0) is 12.5. The molecule has 3 N–H and O–H groups in total. The van der Waals surface area contributed by atoms with E-state index in [1.54, 1.807) is 24.3 Å². The second-order valence-electron chi connectivity index (χ2n) is 3.79. The molecule has 2 aromatic rings. The highest BCUT2D eigenvalue weighted by Gasteiger charge is 2.29. The Morgan fingerprint density at radius 2 is 2.06 bits per heavy atom. The molecule has 1 aromatic heterocycles.